The lowest BCUT2D eigenvalue weighted by Crippen LogP contribution is -2.25. The van der Waals surface area contributed by atoms with Crippen LogP contribution >= 0.6 is 25.3 Å². The molecule has 0 spiro atoms. The molecule has 0 unspecified atom stereocenters. The lowest BCUT2D eigenvalue weighted by Gasteiger charge is -2.13. The maximum atomic E-state index is 5.69. The zero-order valence-electron chi connectivity index (χ0n) is 6.74. The first-order valence-corrected chi connectivity index (χ1v) is 5.18. The monoisotopic (exact) mass is 194 g/mol. The van der Waals surface area contributed by atoms with Gasteiger partial charge in [0, 0.05) is 11.8 Å². The van der Waals surface area contributed by atoms with Crippen molar-refractivity contribution in [1.29, 1.82) is 0 Å². The predicted octanol–water partition coefficient (Wildman–Crippen LogP) is 0.528. The van der Waals surface area contributed by atoms with Crippen LogP contribution in [0.25, 0.3) is 0 Å². The summed E-state index contributed by atoms with van der Waals surface area (Å²) >= 11 is 8.29. The van der Waals surface area contributed by atoms with Gasteiger partial charge in [-0.25, -0.2) is 0 Å². The summed E-state index contributed by atoms with van der Waals surface area (Å²) in [7, 11) is 0. The molecule has 0 aliphatic carbocycles. The van der Waals surface area contributed by atoms with Crippen molar-refractivity contribution in [2.75, 3.05) is 18.1 Å². The normalized spacial score (nSPS) is 16.4. The average molecular weight is 194 g/mol. The van der Waals surface area contributed by atoms with E-state index < -0.39 is 0 Å². The van der Waals surface area contributed by atoms with E-state index in [9.17, 15) is 0 Å². The number of hydrogen-bond acceptors (Lipinski definition) is 4. The second kappa shape index (κ2) is 7.28. The minimum absolute atomic E-state index is 0.215. The molecule has 0 bridgehead atoms. The zero-order valence-corrected chi connectivity index (χ0v) is 8.53. The molecule has 0 saturated heterocycles. The van der Waals surface area contributed by atoms with Gasteiger partial charge in [-0.2, -0.15) is 25.3 Å². The zero-order chi connectivity index (χ0) is 8.69. The van der Waals surface area contributed by atoms with Gasteiger partial charge in [0.1, 0.15) is 0 Å². The van der Waals surface area contributed by atoms with Crippen molar-refractivity contribution in [2.24, 2.45) is 17.4 Å². The highest BCUT2D eigenvalue weighted by Gasteiger charge is 2.06. The van der Waals surface area contributed by atoms with E-state index in [0.717, 1.165) is 24.3 Å². The molecule has 0 radical (unpaired) electrons. The molecule has 0 aromatic heterocycles. The summed E-state index contributed by atoms with van der Waals surface area (Å²) in [6, 6.07) is 0.215. The Kier molecular flexibility index (Phi) is 7.69. The Morgan fingerprint density at radius 1 is 1.09 bits per heavy atom. The van der Waals surface area contributed by atoms with Crippen molar-refractivity contribution in [2.45, 2.75) is 18.9 Å². The van der Waals surface area contributed by atoms with E-state index >= 15 is 0 Å². The first-order chi connectivity index (χ1) is 5.24. The topological polar surface area (TPSA) is 52.0 Å². The van der Waals surface area contributed by atoms with Gasteiger partial charge in [-0.1, -0.05) is 0 Å². The molecule has 4 heteroatoms. The quantitative estimate of drug-likeness (QED) is 0.466. The lowest BCUT2D eigenvalue weighted by atomic mass is 10.0. The molecule has 0 saturated carbocycles. The SMILES string of the molecule is NC[C@H](CS)CC[C@H](N)CS. The number of hydrogen-bond donors (Lipinski definition) is 4. The number of rotatable bonds is 6. The van der Waals surface area contributed by atoms with Crippen LogP contribution < -0.4 is 11.5 Å². The van der Waals surface area contributed by atoms with Crippen molar-refractivity contribution in [3.63, 3.8) is 0 Å². The first kappa shape index (κ1) is 11.6. The van der Waals surface area contributed by atoms with Crippen LogP contribution in [0, 0.1) is 5.92 Å². The van der Waals surface area contributed by atoms with E-state index in [1.165, 1.54) is 0 Å². The van der Waals surface area contributed by atoms with E-state index in [2.05, 4.69) is 25.3 Å². The maximum Gasteiger partial charge on any atom is 0.0128 e. The van der Waals surface area contributed by atoms with Crippen molar-refractivity contribution < 1.29 is 0 Å². The molecule has 0 rings (SSSR count). The average Bonchev–Trinajstić information content (AvgIpc) is 2.06. The van der Waals surface area contributed by atoms with E-state index in [-0.39, 0.29) is 6.04 Å². The minimum atomic E-state index is 0.215. The molecule has 0 aliphatic rings. The van der Waals surface area contributed by atoms with Crippen molar-refractivity contribution in [3.8, 4) is 0 Å². The van der Waals surface area contributed by atoms with Gasteiger partial charge in [0.15, 0.2) is 0 Å². The van der Waals surface area contributed by atoms with Crippen molar-refractivity contribution in [1.82, 2.24) is 0 Å². The van der Waals surface area contributed by atoms with Crippen LogP contribution in [0.4, 0.5) is 0 Å². The fraction of sp³-hybridized carbons (Fsp3) is 1.00. The Bertz CT molecular complexity index is 86.5. The molecule has 0 aromatic carbocycles. The molecule has 0 fully saturated rings. The van der Waals surface area contributed by atoms with Crippen LogP contribution in [-0.4, -0.2) is 24.1 Å². The highest BCUT2D eigenvalue weighted by molar-refractivity contribution is 7.80. The maximum absolute atomic E-state index is 5.69. The standard InChI is InChI=1S/C7H18N2S2/c8-3-6(4-10)1-2-7(9)5-11/h6-7,10-11H,1-5,8-9H2/t6-,7+/m1/s1. The van der Waals surface area contributed by atoms with E-state index in [4.69, 9.17) is 11.5 Å². The molecule has 2 atom stereocenters. The summed E-state index contributed by atoms with van der Waals surface area (Å²) in [6.07, 6.45) is 2.08. The number of thiol groups is 2. The highest BCUT2D eigenvalue weighted by atomic mass is 32.1. The van der Waals surface area contributed by atoms with Gasteiger partial charge >= 0.3 is 0 Å². The Hall–Kier alpha value is 0.620. The second-order valence-corrected chi connectivity index (χ2v) is 3.53. The molecule has 0 heterocycles. The van der Waals surface area contributed by atoms with Crippen LogP contribution in [0.5, 0.6) is 0 Å². The van der Waals surface area contributed by atoms with Crippen LogP contribution in [-0.2, 0) is 0 Å². The molecule has 4 N–H and O–H groups in total. The summed E-state index contributed by atoms with van der Waals surface area (Å²) in [5, 5.41) is 0. The molecule has 2 nitrogen and oxygen atoms in total. The Labute approximate surface area is 79.9 Å². The second-order valence-electron chi connectivity index (χ2n) is 2.80. The van der Waals surface area contributed by atoms with Crippen LogP contribution in [0.15, 0.2) is 0 Å². The van der Waals surface area contributed by atoms with Gasteiger partial charge in [0.05, 0.1) is 0 Å². The molecule has 0 aliphatic heterocycles. The Balaban J connectivity index is 3.34. The molecule has 0 amide bonds. The van der Waals surface area contributed by atoms with Crippen LogP contribution in [0.2, 0.25) is 0 Å². The van der Waals surface area contributed by atoms with Gasteiger partial charge in [-0.15, -0.1) is 0 Å². The molecule has 0 aromatic rings. The summed E-state index contributed by atoms with van der Waals surface area (Å²) in [5.41, 5.74) is 11.2. The summed E-state index contributed by atoms with van der Waals surface area (Å²) in [4.78, 5) is 0. The Morgan fingerprint density at radius 2 is 1.73 bits per heavy atom. The van der Waals surface area contributed by atoms with Gasteiger partial charge in [0.2, 0.25) is 0 Å². The third kappa shape index (κ3) is 5.84. The van der Waals surface area contributed by atoms with E-state index in [1.807, 2.05) is 0 Å². The molecular formula is C7H18N2S2. The van der Waals surface area contributed by atoms with Gasteiger partial charge in [-0.05, 0) is 31.1 Å². The summed E-state index contributed by atoms with van der Waals surface area (Å²) in [5.74, 6) is 2.13. The smallest absolute Gasteiger partial charge is 0.0128 e. The molecular weight excluding hydrogens is 176 g/mol. The third-order valence-electron chi connectivity index (χ3n) is 1.77. The number of nitrogens with two attached hydrogens (primary N) is 2. The van der Waals surface area contributed by atoms with Crippen molar-refractivity contribution >= 4 is 25.3 Å². The lowest BCUT2D eigenvalue weighted by molar-refractivity contribution is 0.499. The molecule has 68 valence electrons. The Morgan fingerprint density at radius 3 is 2.09 bits per heavy atom. The highest BCUT2D eigenvalue weighted by Crippen LogP contribution is 2.08. The fourth-order valence-corrected chi connectivity index (χ4v) is 1.34. The van der Waals surface area contributed by atoms with E-state index in [1.54, 1.807) is 0 Å². The van der Waals surface area contributed by atoms with Gasteiger partial charge < -0.3 is 11.5 Å². The summed E-state index contributed by atoms with van der Waals surface area (Å²) in [6.45, 7) is 0.711. The van der Waals surface area contributed by atoms with Gasteiger partial charge in [0.25, 0.3) is 0 Å². The minimum Gasteiger partial charge on any atom is -0.330 e. The summed E-state index contributed by atoms with van der Waals surface area (Å²) < 4.78 is 0. The first-order valence-electron chi connectivity index (χ1n) is 3.92. The predicted molar refractivity (Wildman–Crippen MR) is 57.5 cm³/mol. The van der Waals surface area contributed by atoms with Crippen LogP contribution in [0.3, 0.4) is 0 Å². The largest absolute Gasteiger partial charge is 0.330 e. The van der Waals surface area contributed by atoms with Gasteiger partial charge in [-0.3, -0.25) is 0 Å². The third-order valence-corrected chi connectivity index (χ3v) is 2.76. The van der Waals surface area contributed by atoms with E-state index in [0.29, 0.717) is 12.5 Å². The molecule has 11 heavy (non-hydrogen) atoms. The van der Waals surface area contributed by atoms with Crippen molar-refractivity contribution in [3.05, 3.63) is 0 Å². The van der Waals surface area contributed by atoms with Crippen LogP contribution in [0.1, 0.15) is 12.8 Å². The fourth-order valence-electron chi connectivity index (χ4n) is 0.825.